The zero-order valence-electron chi connectivity index (χ0n) is 20.6. The first-order valence-corrected chi connectivity index (χ1v) is 13.0. The summed E-state index contributed by atoms with van der Waals surface area (Å²) in [5.74, 6) is 0.181. The molecule has 6 heteroatoms. The van der Waals surface area contributed by atoms with Gasteiger partial charge in [-0.1, -0.05) is 39.8 Å². The van der Waals surface area contributed by atoms with E-state index in [1.807, 2.05) is 0 Å². The van der Waals surface area contributed by atoms with E-state index in [1.165, 1.54) is 29.5 Å². The van der Waals surface area contributed by atoms with Crippen LogP contribution in [0.3, 0.4) is 0 Å². The lowest BCUT2D eigenvalue weighted by atomic mass is 9.63. The second-order valence-corrected chi connectivity index (χ2v) is 12.4. The van der Waals surface area contributed by atoms with Crippen LogP contribution in [-0.4, -0.2) is 52.3 Å². The van der Waals surface area contributed by atoms with Gasteiger partial charge in [-0.25, -0.2) is 4.98 Å². The molecule has 180 valence electrons. The molecule has 0 saturated carbocycles. The van der Waals surface area contributed by atoms with Crippen molar-refractivity contribution in [3.8, 4) is 11.3 Å². The number of aliphatic hydroxyl groups is 2. The van der Waals surface area contributed by atoms with E-state index in [9.17, 15) is 15.0 Å². The molecular weight excluding hydrogens is 432 g/mol. The van der Waals surface area contributed by atoms with Crippen molar-refractivity contribution in [2.75, 3.05) is 26.3 Å². The Labute approximate surface area is 201 Å². The molecule has 33 heavy (non-hydrogen) atoms. The van der Waals surface area contributed by atoms with Gasteiger partial charge in [0.2, 0.25) is 5.91 Å². The normalized spacial score (nSPS) is 20.5. The molecule has 1 aliphatic heterocycles. The van der Waals surface area contributed by atoms with Gasteiger partial charge in [0.25, 0.3) is 0 Å². The largest absolute Gasteiger partial charge is 0.395 e. The topological polar surface area (TPSA) is 73.7 Å². The van der Waals surface area contributed by atoms with Crippen molar-refractivity contribution in [3.63, 3.8) is 0 Å². The number of hydrogen-bond donors (Lipinski definition) is 2. The molecule has 1 amide bonds. The molecule has 5 nitrogen and oxygen atoms in total. The molecule has 2 N–H and O–H groups in total. The van der Waals surface area contributed by atoms with Crippen LogP contribution in [0.4, 0.5) is 0 Å². The molecule has 1 aromatic heterocycles. The number of benzene rings is 1. The Balaban J connectivity index is 1.49. The van der Waals surface area contributed by atoms with E-state index >= 15 is 0 Å². The number of fused-ring (bicyclic) bond motifs is 1. The summed E-state index contributed by atoms with van der Waals surface area (Å²) >= 11 is 1.72. The molecule has 0 bridgehead atoms. The van der Waals surface area contributed by atoms with Crippen molar-refractivity contribution < 1.29 is 15.0 Å². The molecule has 2 heterocycles. The number of amides is 1. The van der Waals surface area contributed by atoms with Crippen molar-refractivity contribution in [1.82, 2.24) is 9.88 Å². The monoisotopic (exact) mass is 470 g/mol. The van der Waals surface area contributed by atoms with Gasteiger partial charge in [-0.3, -0.25) is 4.79 Å². The highest BCUT2D eigenvalue weighted by Gasteiger charge is 2.38. The summed E-state index contributed by atoms with van der Waals surface area (Å²) in [6.45, 7) is 11.6. The fourth-order valence-corrected chi connectivity index (χ4v) is 6.25. The van der Waals surface area contributed by atoms with Gasteiger partial charge in [0.05, 0.1) is 29.3 Å². The maximum Gasteiger partial charge on any atom is 0.233 e. The SMILES string of the molecule is CC(CO)(CO)C(=O)N1CCC(c2nc(-c3ccc4c(c3)C(C)(C)CCC4(C)C)cs2)CC1. The van der Waals surface area contributed by atoms with Gasteiger partial charge in [0.15, 0.2) is 0 Å². The van der Waals surface area contributed by atoms with Crippen LogP contribution in [0, 0.1) is 5.41 Å². The van der Waals surface area contributed by atoms with E-state index in [4.69, 9.17) is 4.98 Å². The van der Waals surface area contributed by atoms with Gasteiger partial charge in [-0.05, 0) is 60.6 Å². The van der Waals surface area contributed by atoms with Crippen molar-refractivity contribution in [2.45, 2.75) is 77.0 Å². The van der Waals surface area contributed by atoms with E-state index in [2.05, 4.69) is 51.3 Å². The number of carbonyl (C=O) groups is 1. The third-order valence-corrected chi connectivity index (χ3v) is 9.02. The minimum Gasteiger partial charge on any atom is -0.395 e. The molecule has 0 unspecified atom stereocenters. The molecule has 0 atom stereocenters. The second-order valence-electron chi connectivity index (χ2n) is 11.5. The highest BCUT2D eigenvalue weighted by molar-refractivity contribution is 7.10. The highest BCUT2D eigenvalue weighted by atomic mass is 32.1. The van der Waals surface area contributed by atoms with Gasteiger partial charge in [0.1, 0.15) is 0 Å². The fraction of sp³-hybridized carbons (Fsp3) is 0.630. The van der Waals surface area contributed by atoms with Crippen LogP contribution in [0.5, 0.6) is 0 Å². The first-order valence-electron chi connectivity index (χ1n) is 12.1. The summed E-state index contributed by atoms with van der Waals surface area (Å²) in [7, 11) is 0. The van der Waals surface area contributed by atoms with Crippen LogP contribution in [-0.2, 0) is 15.6 Å². The molecule has 2 aliphatic rings. The Morgan fingerprint density at radius 2 is 1.70 bits per heavy atom. The number of hydrogen-bond acceptors (Lipinski definition) is 5. The van der Waals surface area contributed by atoms with Crippen molar-refractivity contribution in [2.24, 2.45) is 5.41 Å². The highest BCUT2D eigenvalue weighted by Crippen LogP contribution is 2.47. The van der Waals surface area contributed by atoms with E-state index in [0.29, 0.717) is 19.0 Å². The van der Waals surface area contributed by atoms with Gasteiger partial charge in [-0.2, -0.15) is 0 Å². The number of likely N-dealkylation sites (tertiary alicyclic amines) is 1. The molecule has 2 aromatic rings. The zero-order valence-corrected chi connectivity index (χ0v) is 21.5. The minimum absolute atomic E-state index is 0.162. The first-order chi connectivity index (χ1) is 15.5. The van der Waals surface area contributed by atoms with Crippen molar-refractivity contribution in [3.05, 3.63) is 39.7 Å². The van der Waals surface area contributed by atoms with Crippen LogP contribution in [0.25, 0.3) is 11.3 Å². The average Bonchev–Trinajstić information content (AvgIpc) is 3.31. The van der Waals surface area contributed by atoms with Gasteiger partial charge >= 0.3 is 0 Å². The number of rotatable bonds is 5. The summed E-state index contributed by atoms with van der Waals surface area (Å²) in [5, 5.41) is 22.4. The number of aliphatic hydroxyl groups excluding tert-OH is 2. The van der Waals surface area contributed by atoms with Crippen LogP contribution >= 0.6 is 11.3 Å². The zero-order chi connectivity index (χ0) is 24.0. The molecule has 0 radical (unpaired) electrons. The lowest BCUT2D eigenvalue weighted by Gasteiger charge is -2.42. The van der Waals surface area contributed by atoms with Crippen LogP contribution in [0.15, 0.2) is 23.6 Å². The fourth-order valence-electron chi connectivity index (χ4n) is 5.25. The Morgan fingerprint density at radius 3 is 2.30 bits per heavy atom. The number of carbonyl (C=O) groups excluding carboxylic acids is 1. The molecule has 4 rings (SSSR count). The number of thiazole rings is 1. The molecule has 1 fully saturated rings. The molecule has 1 aliphatic carbocycles. The maximum atomic E-state index is 12.7. The number of nitrogens with zero attached hydrogens (tertiary/aromatic N) is 2. The predicted octanol–water partition coefficient (Wildman–Crippen LogP) is 4.86. The van der Waals surface area contributed by atoms with Crippen molar-refractivity contribution in [1.29, 1.82) is 0 Å². The van der Waals surface area contributed by atoms with Crippen LogP contribution in [0.1, 0.15) is 82.4 Å². The predicted molar refractivity (Wildman–Crippen MR) is 134 cm³/mol. The summed E-state index contributed by atoms with van der Waals surface area (Å²) < 4.78 is 0. The Kier molecular flexibility index (Phi) is 6.49. The molecule has 0 spiro atoms. The summed E-state index contributed by atoms with van der Waals surface area (Å²) in [6, 6.07) is 6.90. The lowest BCUT2D eigenvalue weighted by molar-refractivity contribution is -0.147. The van der Waals surface area contributed by atoms with E-state index in [-0.39, 0.29) is 30.0 Å². The Hall–Kier alpha value is -1.76. The lowest BCUT2D eigenvalue weighted by Crippen LogP contribution is -2.49. The standard InChI is InChI=1S/C27H38N2O3S/c1-25(2)10-11-26(3,4)21-14-19(6-7-20(21)25)22-15-33-23(28-22)18-8-12-29(13-9-18)24(32)27(5,16-30)17-31/h6-7,14-15,18,30-31H,8-13,16-17H2,1-5H3. The second kappa shape index (κ2) is 8.79. The smallest absolute Gasteiger partial charge is 0.233 e. The number of aromatic nitrogens is 1. The quantitative estimate of drug-likeness (QED) is 0.655. The van der Waals surface area contributed by atoms with E-state index < -0.39 is 5.41 Å². The molecule has 1 aromatic carbocycles. The average molecular weight is 471 g/mol. The van der Waals surface area contributed by atoms with E-state index in [0.717, 1.165) is 23.5 Å². The Morgan fingerprint density at radius 1 is 1.09 bits per heavy atom. The summed E-state index contributed by atoms with van der Waals surface area (Å²) in [5.41, 5.74) is 4.44. The molecular formula is C27H38N2O3S. The van der Waals surface area contributed by atoms with E-state index in [1.54, 1.807) is 23.2 Å². The number of piperidine rings is 1. The first kappa shape index (κ1) is 24.4. The maximum absolute atomic E-state index is 12.7. The third kappa shape index (κ3) is 4.50. The summed E-state index contributed by atoms with van der Waals surface area (Å²) in [4.78, 5) is 19.5. The van der Waals surface area contributed by atoms with Crippen LogP contribution < -0.4 is 0 Å². The van der Waals surface area contributed by atoms with Crippen molar-refractivity contribution >= 4 is 17.2 Å². The van der Waals surface area contributed by atoms with Crippen LogP contribution in [0.2, 0.25) is 0 Å². The van der Waals surface area contributed by atoms with Gasteiger partial charge in [0, 0.05) is 30.0 Å². The minimum atomic E-state index is -1.10. The summed E-state index contributed by atoms with van der Waals surface area (Å²) in [6.07, 6.45) is 4.12. The van der Waals surface area contributed by atoms with Gasteiger partial charge in [-0.15, -0.1) is 11.3 Å². The Bertz CT molecular complexity index is 1010. The third-order valence-electron chi connectivity index (χ3n) is 8.02. The van der Waals surface area contributed by atoms with Gasteiger partial charge < -0.3 is 15.1 Å². The molecule has 1 saturated heterocycles.